The Morgan fingerprint density at radius 2 is 1.28 bits per heavy atom. The Hall–Kier alpha value is -2.57. The fraction of sp³-hybridized carbons (Fsp3) is 0.364. The molecule has 0 spiro atoms. The Balaban J connectivity index is 0.00000420. The van der Waals surface area contributed by atoms with Gasteiger partial charge in [-0.1, -0.05) is 18.2 Å². The van der Waals surface area contributed by atoms with Gasteiger partial charge in [0.2, 0.25) is 5.75 Å². The molecule has 29 heavy (non-hydrogen) atoms. The van der Waals surface area contributed by atoms with Crippen molar-refractivity contribution in [1.82, 2.24) is 4.90 Å². The Morgan fingerprint density at radius 3 is 1.79 bits per heavy atom. The SMILES string of the molecule is COc1ccc(/C=C\c2cc(OC)c(OC)c(OC)c2)cc1OCCN(C)C.Cl. The molecule has 6 nitrogen and oxygen atoms in total. The van der Waals surface area contributed by atoms with Crippen molar-refractivity contribution in [3.8, 4) is 28.7 Å². The van der Waals surface area contributed by atoms with Crippen LogP contribution in [0.4, 0.5) is 0 Å². The monoisotopic (exact) mass is 423 g/mol. The summed E-state index contributed by atoms with van der Waals surface area (Å²) >= 11 is 0. The van der Waals surface area contributed by atoms with Crippen LogP contribution in [-0.2, 0) is 0 Å². The van der Waals surface area contributed by atoms with E-state index in [1.54, 1.807) is 28.4 Å². The van der Waals surface area contributed by atoms with Crippen LogP contribution in [0.5, 0.6) is 28.7 Å². The van der Waals surface area contributed by atoms with Gasteiger partial charge in [-0.25, -0.2) is 0 Å². The summed E-state index contributed by atoms with van der Waals surface area (Å²) < 4.78 is 27.4. The molecule has 0 amide bonds. The molecule has 2 rings (SSSR count). The minimum atomic E-state index is 0. The van der Waals surface area contributed by atoms with Crippen molar-refractivity contribution in [2.45, 2.75) is 0 Å². The van der Waals surface area contributed by atoms with E-state index in [2.05, 4.69) is 4.90 Å². The summed E-state index contributed by atoms with van der Waals surface area (Å²) in [5, 5.41) is 0. The number of methoxy groups -OCH3 is 4. The molecular formula is C22H30ClNO5. The van der Waals surface area contributed by atoms with E-state index >= 15 is 0 Å². The number of nitrogens with zero attached hydrogens (tertiary/aromatic N) is 1. The third-order valence-corrected chi connectivity index (χ3v) is 4.14. The summed E-state index contributed by atoms with van der Waals surface area (Å²) in [5.41, 5.74) is 1.93. The lowest BCUT2D eigenvalue weighted by Crippen LogP contribution is -2.19. The molecule has 0 aliphatic heterocycles. The quantitative estimate of drug-likeness (QED) is 0.532. The predicted molar refractivity (Wildman–Crippen MR) is 119 cm³/mol. The van der Waals surface area contributed by atoms with Crippen LogP contribution in [0.3, 0.4) is 0 Å². The van der Waals surface area contributed by atoms with Crippen LogP contribution in [0, 0.1) is 0 Å². The van der Waals surface area contributed by atoms with Crippen LogP contribution in [0.25, 0.3) is 12.2 Å². The largest absolute Gasteiger partial charge is 0.493 e. The summed E-state index contributed by atoms with van der Waals surface area (Å²) in [6.07, 6.45) is 3.98. The first-order chi connectivity index (χ1) is 13.5. The van der Waals surface area contributed by atoms with Gasteiger partial charge in [0.15, 0.2) is 23.0 Å². The lowest BCUT2D eigenvalue weighted by molar-refractivity contribution is 0.250. The molecule has 0 radical (unpaired) electrons. The molecule has 0 heterocycles. The molecule has 0 saturated heterocycles. The highest BCUT2D eigenvalue weighted by molar-refractivity contribution is 5.85. The van der Waals surface area contributed by atoms with Crippen LogP contribution in [0.1, 0.15) is 11.1 Å². The molecule has 0 aliphatic rings. The van der Waals surface area contributed by atoms with E-state index in [1.165, 1.54) is 0 Å². The number of rotatable bonds is 10. The minimum Gasteiger partial charge on any atom is -0.493 e. The predicted octanol–water partition coefficient (Wildman–Crippen LogP) is 4.25. The highest BCUT2D eigenvalue weighted by Gasteiger charge is 2.12. The van der Waals surface area contributed by atoms with Gasteiger partial charge in [0.05, 0.1) is 28.4 Å². The van der Waals surface area contributed by atoms with E-state index in [1.807, 2.05) is 56.6 Å². The van der Waals surface area contributed by atoms with Crippen LogP contribution in [0.2, 0.25) is 0 Å². The van der Waals surface area contributed by atoms with Crippen LogP contribution in [0.15, 0.2) is 30.3 Å². The summed E-state index contributed by atoms with van der Waals surface area (Å²) in [5.74, 6) is 3.23. The third-order valence-electron chi connectivity index (χ3n) is 4.14. The molecule has 0 bridgehead atoms. The van der Waals surface area contributed by atoms with E-state index in [0.29, 0.717) is 29.6 Å². The van der Waals surface area contributed by atoms with Gasteiger partial charge in [-0.05, 0) is 49.5 Å². The lowest BCUT2D eigenvalue weighted by atomic mass is 10.1. The average Bonchev–Trinajstić information content (AvgIpc) is 2.71. The summed E-state index contributed by atoms with van der Waals surface area (Å²) in [4.78, 5) is 2.07. The number of halogens is 1. The number of likely N-dealkylation sites (N-methyl/N-ethyl adjacent to an activating group) is 1. The first-order valence-electron chi connectivity index (χ1n) is 8.96. The normalized spacial score (nSPS) is 10.6. The molecule has 0 aliphatic carbocycles. The maximum Gasteiger partial charge on any atom is 0.203 e. The second kappa shape index (κ2) is 12.1. The molecule has 0 saturated carbocycles. The number of ether oxygens (including phenoxy) is 5. The Bertz CT molecular complexity index is 783. The van der Waals surface area contributed by atoms with Crippen molar-refractivity contribution in [2.75, 3.05) is 55.7 Å². The molecule has 7 heteroatoms. The standard InChI is InChI=1S/C22H29NO5.ClH/c1-23(2)11-12-28-19-13-16(9-10-18(19)24-3)7-8-17-14-20(25-4)22(27-6)21(15-17)26-5;/h7-10,13-15H,11-12H2,1-6H3;1H/b8-7-;. The third kappa shape index (κ3) is 6.76. The lowest BCUT2D eigenvalue weighted by Gasteiger charge is -2.14. The highest BCUT2D eigenvalue weighted by atomic mass is 35.5. The van der Waals surface area contributed by atoms with Crippen molar-refractivity contribution in [3.63, 3.8) is 0 Å². The van der Waals surface area contributed by atoms with Gasteiger partial charge in [0, 0.05) is 6.54 Å². The van der Waals surface area contributed by atoms with Gasteiger partial charge >= 0.3 is 0 Å². The Morgan fingerprint density at radius 1 is 0.724 bits per heavy atom. The van der Waals surface area contributed by atoms with Gasteiger partial charge in [-0.3, -0.25) is 0 Å². The maximum absolute atomic E-state index is 5.88. The van der Waals surface area contributed by atoms with E-state index in [0.717, 1.165) is 23.4 Å². The van der Waals surface area contributed by atoms with Crippen LogP contribution >= 0.6 is 12.4 Å². The fourth-order valence-electron chi connectivity index (χ4n) is 2.64. The number of benzene rings is 2. The van der Waals surface area contributed by atoms with Crippen molar-refractivity contribution < 1.29 is 23.7 Å². The second-order valence-corrected chi connectivity index (χ2v) is 6.35. The van der Waals surface area contributed by atoms with Crippen LogP contribution in [-0.4, -0.2) is 60.6 Å². The minimum absolute atomic E-state index is 0. The smallest absolute Gasteiger partial charge is 0.203 e. The summed E-state index contributed by atoms with van der Waals surface area (Å²) in [6, 6.07) is 9.64. The Labute approximate surface area is 179 Å². The zero-order valence-corrected chi connectivity index (χ0v) is 18.7. The van der Waals surface area contributed by atoms with Crippen molar-refractivity contribution in [1.29, 1.82) is 0 Å². The van der Waals surface area contributed by atoms with Crippen LogP contribution < -0.4 is 23.7 Å². The van der Waals surface area contributed by atoms with E-state index < -0.39 is 0 Å². The first kappa shape index (κ1) is 24.5. The van der Waals surface area contributed by atoms with Gasteiger partial charge in [0.1, 0.15) is 6.61 Å². The van der Waals surface area contributed by atoms with Crippen molar-refractivity contribution in [3.05, 3.63) is 41.5 Å². The summed E-state index contributed by atoms with van der Waals surface area (Å²) in [6.45, 7) is 1.41. The van der Waals surface area contributed by atoms with Gasteiger partial charge in [-0.15, -0.1) is 12.4 Å². The number of hydrogen-bond acceptors (Lipinski definition) is 6. The van der Waals surface area contributed by atoms with E-state index in [4.69, 9.17) is 23.7 Å². The van der Waals surface area contributed by atoms with Crippen molar-refractivity contribution >= 4 is 24.6 Å². The molecule has 0 atom stereocenters. The first-order valence-corrected chi connectivity index (χ1v) is 8.96. The topological polar surface area (TPSA) is 49.4 Å². The molecular weight excluding hydrogens is 394 g/mol. The molecule has 0 fully saturated rings. The van der Waals surface area contributed by atoms with Gasteiger partial charge in [-0.2, -0.15) is 0 Å². The second-order valence-electron chi connectivity index (χ2n) is 6.35. The molecule has 0 aromatic heterocycles. The molecule has 0 N–H and O–H groups in total. The van der Waals surface area contributed by atoms with E-state index in [9.17, 15) is 0 Å². The van der Waals surface area contributed by atoms with E-state index in [-0.39, 0.29) is 12.4 Å². The maximum atomic E-state index is 5.88. The fourth-order valence-corrected chi connectivity index (χ4v) is 2.64. The average molecular weight is 424 g/mol. The Kier molecular flexibility index (Phi) is 10.2. The zero-order chi connectivity index (χ0) is 20.5. The van der Waals surface area contributed by atoms with Gasteiger partial charge < -0.3 is 28.6 Å². The molecule has 2 aromatic carbocycles. The molecule has 0 unspecified atom stereocenters. The summed E-state index contributed by atoms with van der Waals surface area (Å²) in [7, 11) is 10.5. The van der Waals surface area contributed by atoms with Crippen molar-refractivity contribution in [2.24, 2.45) is 0 Å². The highest BCUT2D eigenvalue weighted by Crippen LogP contribution is 2.38. The zero-order valence-electron chi connectivity index (χ0n) is 17.9. The molecule has 160 valence electrons. The molecule has 2 aromatic rings. The van der Waals surface area contributed by atoms with Gasteiger partial charge in [0.25, 0.3) is 0 Å². The number of hydrogen-bond donors (Lipinski definition) is 0.